The number of carbonyl (C=O) groups is 1. The Bertz CT molecular complexity index is 3300. The van der Waals surface area contributed by atoms with Crippen LogP contribution in [-0.4, -0.2) is 45.4 Å². The summed E-state index contributed by atoms with van der Waals surface area (Å²) in [6, 6.07) is 49.3. The third-order valence-electron chi connectivity index (χ3n) is 11.9. The van der Waals surface area contributed by atoms with Crippen molar-refractivity contribution < 1.29 is 22.5 Å². The fourth-order valence-corrected chi connectivity index (χ4v) is 9.41. The van der Waals surface area contributed by atoms with Crippen LogP contribution in [0, 0.1) is 6.92 Å². The highest BCUT2D eigenvalue weighted by atomic mass is 32.2. The molecule has 0 atom stereocenters. The minimum absolute atomic E-state index is 0.0368. The first kappa shape index (κ1) is 38.0. The van der Waals surface area contributed by atoms with Gasteiger partial charge in [-0.2, -0.15) is 18.4 Å². The molecule has 0 aliphatic heterocycles. The predicted molar refractivity (Wildman–Crippen MR) is 239 cm³/mol. The fourth-order valence-electron chi connectivity index (χ4n) is 8.74. The number of benzene rings is 7. The van der Waals surface area contributed by atoms with E-state index in [-0.39, 0.29) is 22.5 Å². The molecule has 0 radical (unpaired) electrons. The first-order chi connectivity index (χ1) is 29.4. The molecule has 1 N–H and O–H groups in total. The van der Waals surface area contributed by atoms with E-state index in [0.29, 0.717) is 28.7 Å². The Morgan fingerprint density at radius 2 is 1.23 bits per heavy atom. The van der Waals surface area contributed by atoms with Crippen LogP contribution in [0.2, 0.25) is 0 Å². The smallest absolute Gasteiger partial charge is 0.298 e. The van der Waals surface area contributed by atoms with Crippen LogP contribution in [0.25, 0.3) is 72.8 Å². The van der Waals surface area contributed by atoms with Gasteiger partial charge in [-0.25, -0.2) is 4.98 Å². The molecule has 0 fully saturated rings. The largest absolute Gasteiger partial charge is 0.495 e. The molecule has 61 heavy (non-hydrogen) atoms. The summed E-state index contributed by atoms with van der Waals surface area (Å²) in [5.74, 6) is 1.22. The standard InChI is InChI=1S/C51H38N4O5S/c1-30-25-45(60-4)46(61(57,58)59)28-37(30)47(56)32-21-19-31(20-22-32)35-23-24-43-39(26-35)40-27-38-36-17-11-12-18-41(36)51(2,3)42(38)29-44(40)55(43)50-53-48(33-13-7-5-8-14-33)52-49(54-50)34-15-9-6-10-16-34/h5-29H,1-4H3,(H,57,58,59). The van der Waals surface area contributed by atoms with E-state index in [0.717, 1.165) is 50.1 Å². The average Bonchev–Trinajstić information content (AvgIpc) is 3.72. The van der Waals surface area contributed by atoms with Crippen molar-refractivity contribution in [2.45, 2.75) is 31.1 Å². The van der Waals surface area contributed by atoms with Crippen molar-refractivity contribution in [3.8, 4) is 56.7 Å². The first-order valence-electron chi connectivity index (χ1n) is 19.8. The number of nitrogens with zero attached hydrogens (tertiary/aromatic N) is 4. The van der Waals surface area contributed by atoms with Crippen molar-refractivity contribution in [2.75, 3.05) is 7.11 Å². The lowest BCUT2D eigenvalue weighted by Crippen LogP contribution is -2.15. The van der Waals surface area contributed by atoms with Crippen molar-refractivity contribution in [2.24, 2.45) is 0 Å². The molecule has 10 heteroatoms. The van der Waals surface area contributed by atoms with Crippen molar-refractivity contribution in [1.82, 2.24) is 19.5 Å². The molecule has 9 aromatic rings. The molecule has 298 valence electrons. The summed E-state index contributed by atoms with van der Waals surface area (Å²) in [6.07, 6.45) is 0. The molecule has 2 aromatic heterocycles. The molecular formula is C51H38N4O5S. The molecule has 1 aliphatic rings. The molecule has 9 nitrogen and oxygen atoms in total. The number of hydrogen-bond donors (Lipinski definition) is 1. The fraction of sp³-hybridized carbons (Fsp3) is 0.0980. The molecule has 0 spiro atoms. The van der Waals surface area contributed by atoms with Gasteiger partial charge in [0.2, 0.25) is 5.95 Å². The minimum atomic E-state index is -4.64. The van der Waals surface area contributed by atoms with Gasteiger partial charge in [0.05, 0.1) is 18.1 Å². The van der Waals surface area contributed by atoms with Crippen LogP contribution < -0.4 is 4.74 Å². The molecule has 1 aliphatic carbocycles. The highest BCUT2D eigenvalue weighted by Crippen LogP contribution is 2.51. The van der Waals surface area contributed by atoms with Gasteiger partial charge in [-0.1, -0.05) is 129 Å². The number of aromatic nitrogens is 4. The van der Waals surface area contributed by atoms with E-state index in [1.54, 1.807) is 19.1 Å². The lowest BCUT2D eigenvalue weighted by atomic mass is 9.82. The van der Waals surface area contributed by atoms with E-state index in [1.165, 1.54) is 35.4 Å². The Morgan fingerprint density at radius 3 is 1.87 bits per heavy atom. The van der Waals surface area contributed by atoms with E-state index >= 15 is 0 Å². The van der Waals surface area contributed by atoms with Gasteiger partial charge in [-0.3, -0.25) is 13.9 Å². The highest BCUT2D eigenvalue weighted by molar-refractivity contribution is 7.86. The Labute approximate surface area is 352 Å². The number of ether oxygens (including phenoxy) is 1. The van der Waals surface area contributed by atoms with Crippen molar-refractivity contribution >= 4 is 37.7 Å². The number of ketones is 1. The van der Waals surface area contributed by atoms with Crippen LogP contribution in [0.1, 0.15) is 46.5 Å². The second kappa shape index (κ2) is 14.2. The zero-order valence-electron chi connectivity index (χ0n) is 33.7. The van der Waals surface area contributed by atoms with Gasteiger partial charge in [0.1, 0.15) is 10.6 Å². The van der Waals surface area contributed by atoms with Gasteiger partial charge in [0.15, 0.2) is 17.4 Å². The summed E-state index contributed by atoms with van der Waals surface area (Å²) in [4.78, 5) is 28.6. The van der Waals surface area contributed by atoms with Gasteiger partial charge in [-0.15, -0.1) is 0 Å². The summed E-state index contributed by atoms with van der Waals surface area (Å²) >= 11 is 0. The number of aryl methyl sites for hydroxylation is 1. The lowest BCUT2D eigenvalue weighted by molar-refractivity contribution is 0.103. The minimum Gasteiger partial charge on any atom is -0.495 e. The zero-order valence-corrected chi connectivity index (χ0v) is 34.5. The third kappa shape index (κ3) is 6.30. The van der Waals surface area contributed by atoms with Crippen molar-refractivity contribution in [3.05, 3.63) is 179 Å². The first-order valence-corrected chi connectivity index (χ1v) is 21.3. The molecule has 0 saturated carbocycles. The van der Waals surface area contributed by atoms with Gasteiger partial charge in [0.25, 0.3) is 10.1 Å². The molecule has 0 unspecified atom stereocenters. The summed E-state index contributed by atoms with van der Waals surface area (Å²) in [5, 5.41) is 2.05. The Balaban J connectivity index is 1.15. The van der Waals surface area contributed by atoms with Crippen LogP contribution in [0.5, 0.6) is 5.75 Å². The van der Waals surface area contributed by atoms with Crippen LogP contribution in [0.15, 0.2) is 157 Å². The average molecular weight is 819 g/mol. The van der Waals surface area contributed by atoms with Gasteiger partial charge in [-0.05, 0) is 82.3 Å². The molecule has 2 heterocycles. The maximum atomic E-state index is 13.8. The maximum absolute atomic E-state index is 13.8. The summed E-state index contributed by atoms with van der Waals surface area (Å²) in [6.45, 7) is 6.24. The second-order valence-corrected chi connectivity index (χ2v) is 17.3. The van der Waals surface area contributed by atoms with E-state index < -0.39 is 15.0 Å². The molecule has 0 bridgehead atoms. The predicted octanol–water partition coefficient (Wildman–Crippen LogP) is 11.1. The van der Waals surface area contributed by atoms with Gasteiger partial charge >= 0.3 is 0 Å². The second-order valence-electron chi connectivity index (χ2n) is 15.9. The number of carbonyl (C=O) groups excluding carboxylic acids is 1. The highest BCUT2D eigenvalue weighted by Gasteiger charge is 2.36. The summed E-state index contributed by atoms with van der Waals surface area (Å²) in [7, 11) is -3.33. The molecule has 10 rings (SSSR count). The topological polar surface area (TPSA) is 124 Å². The SMILES string of the molecule is COc1cc(C)c(C(=O)c2ccc(-c3ccc4c(c3)c3cc5c(cc3n4-c3nc(-c4ccccc4)nc(-c4ccccc4)n3)C(C)(C)c3ccccc3-5)cc2)cc1S(=O)(=O)O. The quantitative estimate of drug-likeness (QED) is 0.119. The Kier molecular flexibility index (Phi) is 8.83. The van der Waals surface area contributed by atoms with Gasteiger partial charge in [0, 0.05) is 38.4 Å². The Morgan fingerprint density at radius 1 is 0.623 bits per heavy atom. The maximum Gasteiger partial charge on any atom is 0.298 e. The van der Waals surface area contributed by atoms with Crippen LogP contribution in [0.3, 0.4) is 0 Å². The van der Waals surface area contributed by atoms with E-state index in [4.69, 9.17) is 19.7 Å². The third-order valence-corrected chi connectivity index (χ3v) is 12.7. The number of hydrogen-bond acceptors (Lipinski definition) is 7. The lowest BCUT2D eigenvalue weighted by Gasteiger charge is -2.21. The summed E-state index contributed by atoms with van der Waals surface area (Å²) < 4.78 is 41.4. The molecular weight excluding hydrogens is 781 g/mol. The van der Waals surface area contributed by atoms with Crippen molar-refractivity contribution in [3.63, 3.8) is 0 Å². The molecule has 7 aromatic carbocycles. The van der Waals surface area contributed by atoms with Gasteiger partial charge < -0.3 is 4.74 Å². The normalized spacial score (nSPS) is 13.0. The number of methoxy groups -OCH3 is 1. The van der Waals surface area contributed by atoms with E-state index in [9.17, 15) is 17.8 Å². The monoisotopic (exact) mass is 818 g/mol. The van der Waals surface area contributed by atoms with Crippen LogP contribution in [0.4, 0.5) is 0 Å². The molecule has 0 saturated heterocycles. The number of rotatable bonds is 8. The van der Waals surface area contributed by atoms with Crippen molar-refractivity contribution in [1.29, 1.82) is 0 Å². The van der Waals surface area contributed by atoms with Crippen LogP contribution in [-0.2, 0) is 15.5 Å². The van der Waals surface area contributed by atoms with E-state index in [1.807, 2.05) is 72.8 Å². The Hall–Kier alpha value is -7.27. The summed E-state index contributed by atoms with van der Waals surface area (Å²) in [5.41, 5.74) is 11.2. The van der Waals surface area contributed by atoms with Crippen LogP contribution >= 0.6 is 0 Å². The zero-order chi connectivity index (χ0) is 42.2. The number of fused-ring (bicyclic) bond motifs is 6. The van der Waals surface area contributed by atoms with E-state index in [2.05, 4.69) is 73.0 Å². The molecule has 0 amide bonds.